The molecule has 0 aliphatic heterocycles. The number of amides is 2. The smallest absolute Gasteiger partial charge is 0.254 e. The molecule has 0 saturated heterocycles. The number of nitrogens with one attached hydrogen (secondary N) is 1. The van der Waals surface area contributed by atoms with Gasteiger partial charge in [-0.3, -0.25) is 9.59 Å². The Morgan fingerprint density at radius 2 is 1.64 bits per heavy atom. The van der Waals surface area contributed by atoms with Gasteiger partial charge in [-0.1, -0.05) is 74.4 Å². The van der Waals surface area contributed by atoms with Crippen LogP contribution in [0.25, 0.3) is 16.9 Å². The van der Waals surface area contributed by atoms with Crippen LogP contribution in [0, 0.1) is 5.82 Å². The highest BCUT2D eigenvalue weighted by Gasteiger charge is 2.21. The number of hydrogen-bond donors (Lipinski definition) is 1. The van der Waals surface area contributed by atoms with Crippen LogP contribution < -0.4 is 5.32 Å². The fraction of sp³-hybridized carbons (Fsp3) is 0.207. The predicted molar refractivity (Wildman–Crippen MR) is 139 cm³/mol. The van der Waals surface area contributed by atoms with Gasteiger partial charge in [0, 0.05) is 23.7 Å². The summed E-state index contributed by atoms with van der Waals surface area (Å²) in [5, 5.41) is 7.65. The molecule has 0 atom stereocenters. The molecule has 0 fully saturated rings. The maximum atomic E-state index is 13.7. The van der Waals surface area contributed by atoms with Crippen molar-refractivity contribution >= 4 is 17.6 Å². The first-order valence-corrected chi connectivity index (χ1v) is 12.1. The number of aromatic nitrogens is 2. The highest BCUT2D eigenvalue weighted by molar-refractivity contribution is 5.99. The Hall–Kier alpha value is -4.26. The number of benzene rings is 3. The summed E-state index contributed by atoms with van der Waals surface area (Å²) in [5.74, 6) is -0.717. The van der Waals surface area contributed by atoms with Gasteiger partial charge in [0.15, 0.2) is 0 Å². The number of carbonyl (C=O) groups is 2. The molecule has 0 bridgehead atoms. The van der Waals surface area contributed by atoms with Gasteiger partial charge < -0.3 is 10.2 Å². The SMILES string of the molecule is CCCCCN(CC(=O)Nc1cc(-c2ccccc2)nn1-c1ccccc1)C(=O)c1cccc(F)c1. The maximum absolute atomic E-state index is 13.7. The van der Waals surface area contributed by atoms with Crippen LogP contribution in [-0.4, -0.2) is 39.6 Å². The highest BCUT2D eigenvalue weighted by Crippen LogP contribution is 2.24. The lowest BCUT2D eigenvalue weighted by atomic mass is 10.1. The molecular formula is C29H29FN4O2. The van der Waals surface area contributed by atoms with E-state index in [-0.39, 0.29) is 23.9 Å². The Kier molecular flexibility index (Phi) is 8.24. The van der Waals surface area contributed by atoms with Gasteiger partial charge in [0.1, 0.15) is 18.2 Å². The largest absolute Gasteiger partial charge is 0.329 e. The van der Waals surface area contributed by atoms with E-state index in [4.69, 9.17) is 5.10 Å². The number of rotatable bonds is 10. The molecule has 36 heavy (non-hydrogen) atoms. The van der Waals surface area contributed by atoms with E-state index in [2.05, 4.69) is 12.2 Å². The fourth-order valence-electron chi connectivity index (χ4n) is 3.95. The van der Waals surface area contributed by atoms with Crippen molar-refractivity contribution in [1.82, 2.24) is 14.7 Å². The van der Waals surface area contributed by atoms with Crippen LogP contribution in [-0.2, 0) is 4.79 Å². The number of hydrogen-bond acceptors (Lipinski definition) is 3. The highest BCUT2D eigenvalue weighted by atomic mass is 19.1. The zero-order chi connectivity index (χ0) is 25.3. The van der Waals surface area contributed by atoms with E-state index in [0.29, 0.717) is 18.1 Å². The van der Waals surface area contributed by atoms with Crippen molar-refractivity contribution in [3.8, 4) is 16.9 Å². The minimum Gasteiger partial charge on any atom is -0.329 e. The summed E-state index contributed by atoms with van der Waals surface area (Å²) >= 11 is 0. The lowest BCUT2D eigenvalue weighted by Crippen LogP contribution is -2.39. The average molecular weight is 485 g/mol. The molecule has 1 N–H and O–H groups in total. The molecule has 1 heterocycles. The second kappa shape index (κ2) is 11.9. The first-order valence-electron chi connectivity index (χ1n) is 12.1. The summed E-state index contributed by atoms with van der Waals surface area (Å²) in [7, 11) is 0. The number of unbranched alkanes of at least 4 members (excludes halogenated alkanes) is 2. The molecule has 184 valence electrons. The Balaban J connectivity index is 1.58. The van der Waals surface area contributed by atoms with Gasteiger partial charge in [0.25, 0.3) is 5.91 Å². The zero-order valence-electron chi connectivity index (χ0n) is 20.2. The Morgan fingerprint density at radius 1 is 0.917 bits per heavy atom. The molecule has 7 heteroatoms. The van der Waals surface area contributed by atoms with Crippen LogP contribution in [0.3, 0.4) is 0 Å². The summed E-state index contributed by atoms with van der Waals surface area (Å²) in [6.45, 7) is 2.32. The van der Waals surface area contributed by atoms with Gasteiger partial charge >= 0.3 is 0 Å². The first-order chi connectivity index (χ1) is 17.5. The predicted octanol–water partition coefficient (Wildman–Crippen LogP) is 5.95. The molecule has 2 amide bonds. The van der Waals surface area contributed by atoms with Crippen LogP contribution in [0.2, 0.25) is 0 Å². The number of anilines is 1. The number of nitrogens with zero attached hydrogens (tertiary/aromatic N) is 3. The second-order valence-corrected chi connectivity index (χ2v) is 8.52. The monoisotopic (exact) mass is 484 g/mol. The maximum Gasteiger partial charge on any atom is 0.254 e. The number of para-hydroxylation sites is 1. The minimum atomic E-state index is -0.487. The van der Waals surface area contributed by atoms with Crippen molar-refractivity contribution in [1.29, 1.82) is 0 Å². The summed E-state index contributed by atoms with van der Waals surface area (Å²) in [6, 6.07) is 26.6. The Bertz CT molecular complexity index is 1310. The third-order valence-corrected chi connectivity index (χ3v) is 5.77. The third kappa shape index (κ3) is 6.24. The zero-order valence-corrected chi connectivity index (χ0v) is 20.2. The van der Waals surface area contributed by atoms with E-state index in [1.54, 1.807) is 10.7 Å². The van der Waals surface area contributed by atoms with E-state index < -0.39 is 5.82 Å². The topological polar surface area (TPSA) is 67.2 Å². The molecule has 0 aliphatic rings. The number of carbonyl (C=O) groups excluding carboxylic acids is 2. The van der Waals surface area contributed by atoms with Gasteiger partial charge in [-0.2, -0.15) is 5.10 Å². The van der Waals surface area contributed by atoms with Crippen LogP contribution in [0.5, 0.6) is 0 Å². The normalized spacial score (nSPS) is 10.7. The molecule has 1 aromatic heterocycles. The van der Waals surface area contributed by atoms with E-state index in [1.165, 1.54) is 23.1 Å². The van der Waals surface area contributed by atoms with Crippen molar-refractivity contribution in [2.75, 3.05) is 18.4 Å². The quantitative estimate of drug-likeness (QED) is 0.283. The molecule has 0 saturated carbocycles. The summed E-state index contributed by atoms with van der Waals surface area (Å²) < 4.78 is 15.4. The standard InChI is InChI=1S/C29H29FN4O2/c1-2-3-10-18-33(29(36)23-14-11-15-24(30)19-23)21-28(35)31-27-20-26(22-12-6-4-7-13-22)32-34(27)25-16-8-5-9-17-25/h4-9,11-17,19-20H,2-3,10,18,21H2,1H3,(H,31,35). The van der Waals surface area contributed by atoms with Crippen molar-refractivity contribution in [2.45, 2.75) is 26.2 Å². The summed E-state index contributed by atoms with van der Waals surface area (Å²) in [6.07, 6.45) is 2.66. The van der Waals surface area contributed by atoms with E-state index >= 15 is 0 Å². The molecule has 0 spiro atoms. The van der Waals surface area contributed by atoms with E-state index in [9.17, 15) is 14.0 Å². The van der Waals surface area contributed by atoms with Gasteiger partial charge in [0.05, 0.1) is 11.4 Å². The first kappa shape index (κ1) is 24.9. The van der Waals surface area contributed by atoms with E-state index in [1.807, 2.05) is 66.7 Å². The lowest BCUT2D eigenvalue weighted by molar-refractivity contribution is -0.117. The molecule has 4 rings (SSSR count). The lowest BCUT2D eigenvalue weighted by Gasteiger charge is -2.22. The summed E-state index contributed by atoms with van der Waals surface area (Å²) in [4.78, 5) is 27.8. The molecule has 0 radical (unpaired) electrons. The molecule has 0 aliphatic carbocycles. The van der Waals surface area contributed by atoms with Gasteiger partial charge in [-0.15, -0.1) is 0 Å². The molecule has 4 aromatic rings. The minimum absolute atomic E-state index is 0.153. The second-order valence-electron chi connectivity index (χ2n) is 8.52. The van der Waals surface area contributed by atoms with Crippen molar-refractivity contribution in [3.63, 3.8) is 0 Å². The van der Waals surface area contributed by atoms with Crippen molar-refractivity contribution in [2.24, 2.45) is 0 Å². The van der Waals surface area contributed by atoms with Crippen LogP contribution >= 0.6 is 0 Å². The van der Waals surface area contributed by atoms with Crippen LogP contribution in [0.15, 0.2) is 91.0 Å². The van der Waals surface area contributed by atoms with Crippen LogP contribution in [0.1, 0.15) is 36.5 Å². The van der Waals surface area contributed by atoms with Crippen molar-refractivity contribution < 1.29 is 14.0 Å². The molecule has 3 aromatic carbocycles. The van der Waals surface area contributed by atoms with Gasteiger partial charge in [-0.25, -0.2) is 9.07 Å². The summed E-state index contributed by atoms with van der Waals surface area (Å²) in [5.41, 5.74) is 2.65. The Labute approximate surface area is 210 Å². The third-order valence-electron chi connectivity index (χ3n) is 5.77. The van der Waals surface area contributed by atoms with E-state index in [0.717, 1.165) is 30.5 Å². The average Bonchev–Trinajstić information content (AvgIpc) is 3.32. The molecule has 0 unspecified atom stereocenters. The van der Waals surface area contributed by atoms with Crippen LogP contribution in [0.4, 0.5) is 10.2 Å². The number of halogens is 1. The fourth-order valence-corrected chi connectivity index (χ4v) is 3.95. The van der Waals surface area contributed by atoms with Gasteiger partial charge in [0.2, 0.25) is 5.91 Å². The molecule has 6 nitrogen and oxygen atoms in total. The van der Waals surface area contributed by atoms with Crippen molar-refractivity contribution in [3.05, 3.63) is 102 Å². The van der Waals surface area contributed by atoms with Gasteiger partial charge in [-0.05, 0) is 36.8 Å². The molecular weight excluding hydrogens is 455 g/mol. The Morgan fingerprint density at radius 3 is 2.33 bits per heavy atom.